The van der Waals surface area contributed by atoms with Gasteiger partial charge in [-0.3, -0.25) is 9.59 Å². The van der Waals surface area contributed by atoms with Crippen molar-refractivity contribution in [3.05, 3.63) is 72.3 Å². The second kappa shape index (κ2) is 13.9. The maximum absolute atomic E-state index is 14.9. The average Bonchev–Trinajstić information content (AvgIpc) is 3.90. The van der Waals surface area contributed by atoms with E-state index in [2.05, 4.69) is 4.98 Å². The number of anilines is 2. The van der Waals surface area contributed by atoms with Crippen LogP contribution in [0.4, 0.5) is 20.6 Å². The Balaban J connectivity index is 1.35. The quantitative estimate of drug-likeness (QED) is 0.200. The minimum Gasteiger partial charge on any atom is -0.482 e. The molecule has 2 atom stereocenters. The van der Waals surface area contributed by atoms with Crippen LogP contribution in [-0.4, -0.2) is 79.4 Å². The van der Waals surface area contributed by atoms with Crippen LogP contribution < -0.4 is 14.5 Å². The smallest absolute Gasteiger partial charge is 0.410 e. The molecule has 2 aliphatic heterocycles. The van der Waals surface area contributed by atoms with Gasteiger partial charge in [-0.2, -0.15) is 4.39 Å². The first-order valence-electron chi connectivity index (χ1n) is 16.6. The first kappa shape index (κ1) is 33.4. The number of aromatic nitrogens is 1. The first-order valence-corrected chi connectivity index (χ1v) is 16.6. The Kier molecular flexibility index (Phi) is 9.68. The Morgan fingerprint density at radius 2 is 1.85 bits per heavy atom. The summed E-state index contributed by atoms with van der Waals surface area (Å²) in [6.07, 6.45) is 3.90. The predicted octanol–water partition coefficient (Wildman–Crippen LogP) is 6.19. The van der Waals surface area contributed by atoms with Crippen molar-refractivity contribution in [1.29, 1.82) is 0 Å². The molecular weight excluding hydrogens is 615 g/mol. The van der Waals surface area contributed by atoms with Crippen LogP contribution in [0.1, 0.15) is 57.9 Å². The third-order valence-electron chi connectivity index (χ3n) is 9.00. The molecule has 1 aliphatic carbocycles. The van der Waals surface area contributed by atoms with Gasteiger partial charge in [0.15, 0.2) is 6.61 Å². The molecule has 48 heavy (non-hydrogen) atoms. The van der Waals surface area contributed by atoms with Gasteiger partial charge in [0.05, 0.1) is 11.6 Å². The second-order valence-electron chi connectivity index (χ2n) is 13.7. The maximum Gasteiger partial charge on any atom is 0.410 e. The van der Waals surface area contributed by atoms with Gasteiger partial charge in [-0.1, -0.05) is 24.3 Å². The third kappa shape index (κ3) is 7.46. The van der Waals surface area contributed by atoms with Crippen molar-refractivity contribution in [3.8, 4) is 16.9 Å². The highest BCUT2D eigenvalue weighted by Crippen LogP contribution is 2.43. The number of nitrogens with zero attached hydrogens (tertiary/aromatic N) is 4. The number of carbonyl (C=O) groups is 3. The zero-order valence-corrected chi connectivity index (χ0v) is 28.0. The van der Waals surface area contributed by atoms with Crippen LogP contribution in [0.25, 0.3) is 11.1 Å². The van der Waals surface area contributed by atoms with E-state index >= 15 is 0 Å². The Morgan fingerprint density at radius 1 is 1.06 bits per heavy atom. The van der Waals surface area contributed by atoms with Gasteiger partial charge in [0.25, 0.3) is 5.91 Å². The largest absolute Gasteiger partial charge is 0.482 e. The van der Waals surface area contributed by atoms with Gasteiger partial charge < -0.3 is 28.9 Å². The van der Waals surface area contributed by atoms with E-state index in [9.17, 15) is 18.8 Å². The van der Waals surface area contributed by atoms with Crippen molar-refractivity contribution in [2.75, 3.05) is 49.8 Å². The van der Waals surface area contributed by atoms with E-state index < -0.39 is 23.6 Å². The van der Waals surface area contributed by atoms with Gasteiger partial charge >= 0.3 is 6.09 Å². The zero-order chi connectivity index (χ0) is 34.0. The lowest BCUT2D eigenvalue weighted by Crippen LogP contribution is -2.51. The number of halogens is 1. The molecule has 3 heterocycles. The molecule has 6 rings (SSSR count). The molecule has 3 aromatic rings. The van der Waals surface area contributed by atoms with Gasteiger partial charge in [0.1, 0.15) is 11.4 Å². The molecule has 1 saturated heterocycles. The number of piperidine rings is 1. The van der Waals surface area contributed by atoms with Crippen LogP contribution in [0.3, 0.4) is 0 Å². The summed E-state index contributed by atoms with van der Waals surface area (Å²) in [5.41, 5.74) is 3.09. The molecule has 0 radical (unpaired) electrons. The standard InChI is InChI=1S/C37H43FN4O6/c1-37(2,3)48-36(45)40-17-14-29(26-8-5-7-24(19-26)25-13-15-39-33(38)20-25)30(22-40)35(44)42(27-9-10-27)28-11-12-32-31(21-28)41(16-6-18-46-4)34(43)23-47-32/h5,7-8,11-13,15,19-21,27,29-30H,6,9-10,14,16-18,22-23H2,1-4H3/t29-,30+/m1/s1. The summed E-state index contributed by atoms with van der Waals surface area (Å²) in [7, 11) is 1.63. The van der Waals surface area contributed by atoms with Crippen LogP contribution >= 0.6 is 0 Å². The van der Waals surface area contributed by atoms with Gasteiger partial charge in [-0.25, -0.2) is 9.78 Å². The van der Waals surface area contributed by atoms with Gasteiger partial charge in [0.2, 0.25) is 11.9 Å². The summed E-state index contributed by atoms with van der Waals surface area (Å²) >= 11 is 0. The van der Waals surface area contributed by atoms with Crippen molar-refractivity contribution in [2.45, 2.75) is 64.0 Å². The SMILES string of the molecule is COCCCN1C(=O)COc2ccc(N(C(=O)[C@H]3CN(C(=O)OC(C)(C)C)CC[C@@H]3c3cccc(-c4ccnc(F)c4)c3)C3CC3)cc21. The van der Waals surface area contributed by atoms with Crippen LogP contribution in [0.15, 0.2) is 60.8 Å². The van der Waals surface area contributed by atoms with E-state index in [4.69, 9.17) is 14.2 Å². The lowest BCUT2D eigenvalue weighted by Gasteiger charge is -2.41. The highest BCUT2D eigenvalue weighted by atomic mass is 19.1. The summed E-state index contributed by atoms with van der Waals surface area (Å²) in [6.45, 7) is 7.03. The molecule has 254 valence electrons. The monoisotopic (exact) mass is 658 g/mol. The van der Waals surface area contributed by atoms with Crippen LogP contribution in [0.5, 0.6) is 5.75 Å². The number of methoxy groups -OCH3 is 1. The second-order valence-corrected chi connectivity index (χ2v) is 13.7. The molecule has 2 aromatic carbocycles. The zero-order valence-electron chi connectivity index (χ0n) is 28.0. The molecule has 1 saturated carbocycles. The fraction of sp³-hybridized carbons (Fsp3) is 0.459. The molecule has 11 heteroatoms. The summed E-state index contributed by atoms with van der Waals surface area (Å²) in [5.74, 6) is -0.999. The molecular formula is C37H43FN4O6. The molecule has 0 N–H and O–H groups in total. The van der Waals surface area contributed by atoms with Gasteiger partial charge in [-0.05, 0) is 93.3 Å². The molecule has 0 spiro atoms. The van der Waals surface area contributed by atoms with Crippen molar-refractivity contribution >= 4 is 29.3 Å². The molecule has 3 aliphatic rings. The fourth-order valence-electron chi connectivity index (χ4n) is 6.61. The maximum atomic E-state index is 14.9. The number of amides is 3. The number of hydrogen-bond acceptors (Lipinski definition) is 7. The van der Waals surface area contributed by atoms with E-state index in [-0.39, 0.29) is 36.9 Å². The highest BCUT2D eigenvalue weighted by Gasteiger charge is 2.44. The molecule has 0 unspecified atom stereocenters. The van der Waals surface area contributed by atoms with Crippen molar-refractivity contribution in [1.82, 2.24) is 9.88 Å². The topological polar surface area (TPSA) is 102 Å². The Morgan fingerprint density at radius 3 is 2.58 bits per heavy atom. The Hall–Kier alpha value is -4.51. The van der Waals surface area contributed by atoms with E-state index in [0.717, 1.165) is 24.0 Å². The molecule has 2 fully saturated rings. The summed E-state index contributed by atoms with van der Waals surface area (Å²) < 4.78 is 30.7. The molecule has 1 aromatic heterocycles. The third-order valence-corrected chi connectivity index (χ3v) is 9.00. The van der Waals surface area contributed by atoms with Crippen LogP contribution in [0, 0.1) is 11.9 Å². The van der Waals surface area contributed by atoms with Crippen molar-refractivity contribution in [3.63, 3.8) is 0 Å². The van der Waals surface area contributed by atoms with Gasteiger partial charge in [0, 0.05) is 57.3 Å². The minimum atomic E-state index is -0.681. The summed E-state index contributed by atoms with van der Waals surface area (Å²) in [4.78, 5) is 50.0. The number of pyridine rings is 1. The van der Waals surface area contributed by atoms with Crippen LogP contribution in [0.2, 0.25) is 0 Å². The van der Waals surface area contributed by atoms with E-state index in [1.54, 1.807) is 23.0 Å². The van der Waals surface area contributed by atoms with Crippen molar-refractivity contribution in [2.24, 2.45) is 5.92 Å². The van der Waals surface area contributed by atoms with Gasteiger partial charge in [-0.15, -0.1) is 0 Å². The Bertz CT molecular complexity index is 1670. The van der Waals surface area contributed by atoms with E-state index in [0.29, 0.717) is 55.2 Å². The number of likely N-dealkylation sites (tertiary alicyclic amines) is 1. The predicted molar refractivity (Wildman–Crippen MR) is 180 cm³/mol. The fourth-order valence-corrected chi connectivity index (χ4v) is 6.61. The number of fused-ring (bicyclic) bond motifs is 1. The summed E-state index contributed by atoms with van der Waals surface area (Å²) in [6, 6.07) is 16.6. The van der Waals surface area contributed by atoms with Crippen molar-refractivity contribution < 1.29 is 33.0 Å². The molecule has 0 bridgehead atoms. The molecule has 10 nitrogen and oxygen atoms in total. The highest BCUT2D eigenvalue weighted by molar-refractivity contribution is 6.01. The van der Waals surface area contributed by atoms with Crippen LogP contribution in [-0.2, 0) is 19.1 Å². The average molecular weight is 659 g/mol. The number of carbonyl (C=O) groups excluding carboxylic acids is 3. The number of ether oxygens (including phenoxy) is 3. The van der Waals surface area contributed by atoms with E-state index in [1.807, 2.05) is 68.1 Å². The molecule has 3 amide bonds. The van der Waals surface area contributed by atoms with E-state index in [1.165, 1.54) is 12.3 Å². The number of benzene rings is 2. The Labute approximate surface area is 280 Å². The number of hydrogen-bond donors (Lipinski definition) is 0. The number of rotatable bonds is 9. The first-order chi connectivity index (χ1) is 23.0. The summed E-state index contributed by atoms with van der Waals surface area (Å²) in [5, 5.41) is 0. The normalized spacial score (nSPS) is 19.4. The lowest BCUT2D eigenvalue weighted by molar-refractivity contribution is -0.124. The lowest BCUT2D eigenvalue weighted by atomic mass is 9.79. The minimum absolute atomic E-state index is 0.00128.